The van der Waals surface area contributed by atoms with Crippen LogP contribution >= 0.6 is 11.8 Å². The summed E-state index contributed by atoms with van der Waals surface area (Å²) in [6.45, 7) is 4.09. The molecule has 1 aromatic rings. The Morgan fingerprint density at radius 1 is 1.45 bits per heavy atom. The monoisotopic (exact) mass is 295 g/mol. The van der Waals surface area contributed by atoms with Crippen molar-refractivity contribution >= 4 is 23.6 Å². The highest BCUT2D eigenvalue weighted by molar-refractivity contribution is 7.99. The number of hydrogen-bond acceptors (Lipinski definition) is 5. The number of amides is 1. The minimum absolute atomic E-state index is 0.0186. The second-order valence-electron chi connectivity index (χ2n) is 4.81. The van der Waals surface area contributed by atoms with Crippen LogP contribution in [0.15, 0.2) is 6.07 Å². The van der Waals surface area contributed by atoms with Crippen LogP contribution in [0.4, 0.5) is 0 Å². The fraction of sp³-hybridized carbons (Fsp3) is 0.538. The van der Waals surface area contributed by atoms with Gasteiger partial charge < -0.3 is 10.0 Å². The largest absolute Gasteiger partial charge is 0.481 e. The van der Waals surface area contributed by atoms with Crippen molar-refractivity contribution in [1.82, 2.24) is 15.1 Å². The molecule has 1 amide bonds. The number of carbonyl (C=O) groups excluding carboxylic acids is 1. The zero-order chi connectivity index (χ0) is 14.7. The fourth-order valence-corrected chi connectivity index (χ4v) is 3.28. The molecule has 0 aliphatic carbocycles. The van der Waals surface area contributed by atoms with Gasteiger partial charge in [0.2, 0.25) is 0 Å². The van der Waals surface area contributed by atoms with Gasteiger partial charge in [-0.05, 0) is 19.9 Å². The molecule has 7 heteroatoms. The lowest BCUT2D eigenvalue weighted by Crippen LogP contribution is -2.47. The molecular weight excluding hydrogens is 278 g/mol. The van der Waals surface area contributed by atoms with E-state index >= 15 is 0 Å². The Morgan fingerprint density at radius 3 is 2.90 bits per heavy atom. The van der Waals surface area contributed by atoms with Crippen LogP contribution in [0.2, 0.25) is 0 Å². The topological polar surface area (TPSA) is 83.4 Å². The van der Waals surface area contributed by atoms with Crippen molar-refractivity contribution in [2.24, 2.45) is 0 Å². The van der Waals surface area contributed by atoms with E-state index in [1.807, 2.05) is 0 Å². The van der Waals surface area contributed by atoms with E-state index in [1.165, 1.54) is 0 Å². The van der Waals surface area contributed by atoms with Gasteiger partial charge in [0.25, 0.3) is 5.91 Å². The van der Waals surface area contributed by atoms with Gasteiger partial charge in [-0.3, -0.25) is 9.59 Å². The Labute approximate surface area is 121 Å². The maximum Gasteiger partial charge on any atom is 0.305 e. The highest BCUT2D eigenvalue weighted by atomic mass is 32.2. The molecule has 0 aromatic carbocycles. The van der Waals surface area contributed by atoms with Crippen molar-refractivity contribution in [1.29, 1.82) is 0 Å². The molecule has 1 aliphatic rings. The van der Waals surface area contributed by atoms with Crippen LogP contribution in [-0.2, 0) is 4.79 Å². The van der Waals surface area contributed by atoms with Crippen LogP contribution in [-0.4, -0.2) is 56.2 Å². The van der Waals surface area contributed by atoms with Crippen LogP contribution in [0.1, 0.15) is 28.2 Å². The first kappa shape index (κ1) is 14.8. The molecule has 0 radical (unpaired) electrons. The van der Waals surface area contributed by atoms with Gasteiger partial charge in [0, 0.05) is 18.1 Å². The second kappa shape index (κ2) is 6.21. The predicted molar refractivity (Wildman–Crippen MR) is 75.9 cm³/mol. The Balaban J connectivity index is 2.25. The maximum absolute atomic E-state index is 12.6. The molecule has 1 saturated heterocycles. The molecule has 2 rings (SSSR count). The van der Waals surface area contributed by atoms with E-state index in [0.29, 0.717) is 29.2 Å². The third-order valence-corrected chi connectivity index (χ3v) is 4.32. The van der Waals surface area contributed by atoms with E-state index < -0.39 is 5.97 Å². The lowest BCUT2D eigenvalue weighted by molar-refractivity contribution is -0.138. The van der Waals surface area contributed by atoms with Gasteiger partial charge in [0.15, 0.2) is 0 Å². The summed E-state index contributed by atoms with van der Waals surface area (Å²) >= 11 is 1.68. The quantitative estimate of drug-likeness (QED) is 0.900. The molecule has 20 heavy (non-hydrogen) atoms. The van der Waals surface area contributed by atoms with Crippen molar-refractivity contribution in [3.05, 3.63) is 23.0 Å². The van der Waals surface area contributed by atoms with Crippen LogP contribution < -0.4 is 0 Å². The highest BCUT2D eigenvalue weighted by Gasteiger charge is 2.30. The van der Waals surface area contributed by atoms with E-state index in [2.05, 4.69) is 10.2 Å². The Bertz CT molecular complexity index is 536. The van der Waals surface area contributed by atoms with E-state index in [0.717, 1.165) is 5.75 Å². The number of carboxylic acids is 1. The molecule has 1 atom stereocenters. The Morgan fingerprint density at radius 2 is 2.20 bits per heavy atom. The van der Waals surface area contributed by atoms with Crippen LogP contribution in [0, 0.1) is 13.8 Å². The van der Waals surface area contributed by atoms with Gasteiger partial charge in [-0.2, -0.15) is 22.0 Å². The molecule has 1 aromatic heterocycles. The Hall–Kier alpha value is -1.63. The van der Waals surface area contributed by atoms with Gasteiger partial charge in [0.05, 0.1) is 29.4 Å². The van der Waals surface area contributed by atoms with E-state index in [1.54, 1.807) is 36.6 Å². The number of carbonyl (C=O) groups is 2. The van der Waals surface area contributed by atoms with Crippen molar-refractivity contribution in [3.63, 3.8) is 0 Å². The first-order valence-corrected chi connectivity index (χ1v) is 7.56. The summed E-state index contributed by atoms with van der Waals surface area (Å²) in [5, 5.41) is 16.8. The number of hydrogen-bond donors (Lipinski definition) is 1. The summed E-state index contributed by atoms with van der Waals surface area (Å²) in [6, 6.07) is 1.45. The van der Waals surface area contributed by atoms with Crippen molar-refractivity contribution in [2.45, 2.75) is 26.3 Å². The molecule has 1 fully saturated rings. The van der Waals surface area contributed by atoms with Crippen LogP contribution in [0.3, 0.4) is 0 Å². The summed E-state index contributed by atoms with van der Waals surface area (Å²) in [5.41, 5.74) is 1.77. The van der Waals surface area contributed by atoms with Gasteiger partial charge in [-0.15, -0.1) is 0 Å². The van der Waals surface area contributed by atoms with Crippen molar-refractivity contribution < 1.29 is 14.7 Å². The second-order valence-corrected chi connectivity index (χ2v) is 5.96. The number of nitrogens with zero attached hydrogens (tertiary/aromatic N) is 3. The first-order chi connectivity index (χ1) is 9.49. The Kier molecular flexibility index (Phi) is 4.59. The van der Waals surface area contributed by atoms with Crippen molar-refractivity contribution in [3.8, 4) is 0 Å². The van der Waals surface area contributed by atoms with Crippen LogP contribution in [0.5, 0.6) is 0 Å². The summed E-state index contributed by atoms with van der Waals surface area (Å²) in [7, 11) is 0. The highest BCUT2D eigenvalue weighted by Crippen LogP contribution is 2.22. The third kappa shape index (κ3) is 3.27. The number of aryl methyl sites for hydroxylation is 2. The number of rotatable bonds is 3. The number of thioether (sulfide) groups is 1. The van der Waals surface area contributed by atoms with E-state index in [9.17, 15) is 9.59 Å². The summed E-state index contributed by atoms with van der Waals surface area (Å²) in [6.07, 6.45) is -0.0186. The minimum atomic E-state index is -0.879. The average molecular weight is 295 g/mol. The molecular formula is C13H17N3O3S. The average Bonchev–Trinajstić information content (AvgIpc) is 2.41. The molecule has 1 N–H and O–H groups in total. The lowest BCUT2D eigenvalue weighted by atomic mass is 10.1. The smallest absolute Gasteiger partial charge is 0.305 e. The number of carboxylic acid groups (broad SMARTS) is 1. The lowest BCUT2D eigenvalue weighted by Gasteiger charge is -2.34. The number of aromatic nitrogens is 2. The van der Waals surface area contributed by atoms with Gasteiger partial charge in [-0.1, -0.05) is 0 Å². The number of aliphatic carboxylic acids is 1. The molecule has 2 heterocycles. The SMILES string of the molecule is Cc1cc(C(=O)N2CCSCC2CC(=O)O)c(C)nn1. The van der Waals surface area contributed by atoms with E-state index in [-0.39, 0.29) is 18.4 Å². The van der Waals surface area contributed by atoms with Gasteiger partial charge in [-0.25, -0.2) is 0 Å². The molecule has 108 valence electrons. The molecule has 0 saturated carbocycles. The van der Waals surface area contributed by atoms with Gasteiger partial charge >= 0.3 is 5.97 Å². The van der Waals surface area contributed by atoms with E-state index in [4.69, 9.17) is 5.11 Å². The standard InChI is InChI=1S/C13H17N3O3S/c1-8-5-11(9(2)15-14-8)13(19)16-3-4-20-7-10(16)6-12(17)18/h5,10H,3-4,6-7H2,1-2H3,(H,17,18). The van der Waals surface area contributed by atoms with Crippen LogP contribution in [0.25, 0.3) is 0 Å². The molecule has 1 unspecified atom stereocenters. The molecule has 1 aliphatic heterocycles. The summed E-state index contributed by atoms with van der Waals surface area (Å²) in [4.78, 5) is 25.2. The molecule has 0 spiro atoms. The molecule has 6 nitrogen and oxygen atoms in total. The zero-order valence-corrected chi connectivity index (χ0v) is 12.3. The third-order valence-electron chi connectivity index (χ3n) is 3.23. The summed E-state index contributed by atoms with van der Waals surface area (Å²) in [5.74, 6) is 0.468. The summed E-state index contributed by atoms with van der Waals surface area (Å²) < 4.78 is 0. The van der Waals surface area contributed by atoms with Crippen molar-refractivity contribution in [2.75, 3.05) is 18.1 Å². The first-order valence-electron chi connectivity index (χ1n) is 6.40. The fourth-order valence-electron chi connectivity index (χ4n) is 2.21. The maximum atomic E-state index is 12.6. The normalized spacial score (nSPS) is 18.9. The minimum Gasteiger partial charge on any atom is -0.481 e. The van der Waals surface area contributed by atoms with Gasteiger partial charge in [0.1, 0.15) is 0 Å². The zero-order valence-electron chi connectivity index (χ0n) is 11.5. The molecule has 0 bridgehead atoms. The predicted octanol–water partition coefficient (Wildman–Crippen LogP) is 1.13.